The summed E-state index contributed by atoms with van der Waals surface area (Å²) in [6.07, 6.45) is 1.33. The van der Waals surface area contributed by atoms with Crippen LogP contribution >= 0.6 is 23.4 Å². The largest absolute Gasteiger partial charge is 0.452 e. The molecular weight excluding hydrogens is 460 g/mol. The number of aromatic nitrogens is 3. The van der Waals surface area contributed by atoms with Gasteiger partial charge in [-0.2, -0.15) is 0 Å². The average molecular weight is 480 g/mol. The minimum absolute atomic E-state index is 0.117. The van der Waals surface area contributed by atoms with Crippen LogP contribution in [0, 0.1) is 0 Å². The first-order valence-corrected chi connectivity index (χ1v) is 12.0. The second-order valence-electron chi connectivity index (χ2n) is 7.45. The van der Waals surface area contributed by atoms with Crippen molar-refractivity contribution in [2.45, 2.75) is 24.7 Å². The number of hydrogen-bond donors (Lipinski definition) is 1. The fraction of sp³-hybridized carbons (Fsp3) is 0.167. The lowest BCUT2D eigenvalue weighted by Gasteiger charge is -2.30. The van der Waals surface area contributed by atoms with Gasteiger partial charge in [0, 0.05) is 17.1 Å². The normalized spacial score (nSPS) is 14.6. The van der Waals surface area contributed by atoms with E-state index in [0.29, 0.717) is 38.6 Å². The summed E-state index contributed by atoms with van der Waals surface area (Å²) in [7, 11) is 0. The van der Waals surface area contributed by atoms with Crippen LogP contribution in [-0.2, 0) is 4.79 Å². The van der Waals surface area contributed by atoms with Gasteiger partial charge in [-0.05, 0) is 47.3 Å². The number of H-pyrrole nitrogens is 1. The van der Waals surface area contributed by atoms with E-state index in [-0.39, 0.29) is 17.9 Å². The lowest BCUT2D eigenvalue weighted by atomic mass is 10.0. The standard InChI is InChI=1S/C24H19ClN4O3S/c1-3-20(30)28-17-11-7-5-9-15(17)21-22(31)26-24(33-2)27-29(21)23(28)19-13-12-18(32-19)14-8-4-6-10-16(14)25/h4-13,23H,3H2,1-2H3/p+1. The Morgan fingerprint density at radius 3 is 2.61 bits per heavy atom. The van der Waals surface area contributed by atoms with Gasteiger partial charge in [-0.15, -0.1) is 0 Å². The van der Waals surface area contributed by atoms with Crippen molar-refractivity contribution in [2.75, 3.05) is 11.2 Å². The molecule has 1 amide bonds. The van der Waals surface area contributed by atoms with Gasteiger partial charge in [-0.1, -0.05) is 54.6 Å². The molecule has 1 aliphatic heterocycles. The summed E-state index contributed by atoms with van der Waals surface area (Å²) in [4.78, 5) is 30.8. The molecule has 1 unspecified atom stereocenters. The van der Waals surface area contributed by atoms with E-state index in [0.717, 1.165) is 5.56 Å². The van der Waals surface area contributed by atoms with Crippen LogP contribution < -0.4 is 15.1 Å². The number of hydrogen-bond acceptors (Lipinski definition) is 5. The van der Waals surface area contributed by atoms with Crippen molar-refractivity contribution in [3.63, 3.8) is 0 Å². The Morgan fingerprint density at radius 1 is 1.15 bits per heavy atom. The topological polar surface area (TPSA) is 83.1 Å². The summed E-state index contributed by atoms with van der Waals surface area (Å²) < 4.78 is 7.82. The number of aromatic amines is 1. The van der Waals surface area contributed by atoms with E-state index in [2.05, 4.69) is 10.1 Å². The highest BCUT2D eigenvalue weighted by Gasteiger charge is 2.47. The Kier molecular flexibility index (Phi) is 5.55. The van der Waals surface area contributed by atoms with Crippen molar-refractivity contribution in [3.05, 3.63) is 81.8 Å². The molecular formula is C24H20ClN4O3S+. The predicted molar refractivity (Wildman–Crippen MR) is 127 cm³/mol. The third kappa shape index (κ3) is 3.55. The summed E-state index contributed by atoms with van der Waals surface area (Å²) in [5.74, 6) is 0.919. The Labute approximate surface area is 199 Å². The monoisotopic (exact) mass is 479 g/mol. The van der Waals surface area contributed by atoms with Gasteiger partial charge in [-0.25, -0.2) is 4.90 Å². The van der Waals surface area contributed by atoms with Crippen LogP contribution in [0.2, 0.25) is 5.02 Å². The number of thioether (sulfide) groups is 1. The number of carbonyl (C=O) groups excluding carboxylic acids is 1. The van der Waals surface area contributed by atoms with Crippen LogP contribution in [0.5, 0.6) is 0 Å². The van der Waals surface area contributed by atoms with E-state index in [1.807, 2.05) is 54.8 Å². The molecule has 1 aliphatic rings. The molecule has 33 heavy (non-hydrogen) atoms. The van der Waals surface area contributed by atoms with Gasteiger partial charge in [0.15, 0.2) is 5.76 Å². The number of furan rings is 1. The quantitative estimate of drug-likeness (QED) is 0.340. The van der Waals surface area contributed by atoms with Gasteiger partial charge < -0.3 is 4.42 Å². The number of carbonyl (C=O) groups is 1. The van der Waals surface area contributed by atoms with Crippen molar-refractivity contribution >= 4 is 35.0 Å². The highest BCUT2D eigenvalue weighted by Crippen LogP contribution is 2.39. The van der Waals surface area contributed by atoms with Crippen LogP contribution in [0.3, 0.4) is 0 Å². The molecule has 9 heteroatoms. The number of benzene rings is 2. The Morgan fingerprint density at radius 2 is 1.88 bits per heavy atom. The van der Waals surface area contributed by atoms with Gasteiger partial charge in [0.2, 0.25) is 11.1 Å². The van der Waals surface area contributed by atoms with Crippen LogP contribution in [-0.4, -0.2) is 22.2 Å². The number of nitrogens with one attached hydrogen (secondary N) is 1. The molecule has 0 radical (unpaired) electrons. The average Bonchev–Trinajstić information content (AvgIpc) is 3.32. The zero-order valence-corrected chi connectivity index (χ0v) is 19.5. The van der Waals surface area contributed by atoms with Gasteiger partial charge in [-0.3, -0.25) is 14.6 Å². The van der Waals surface area contributed by atoms with Gasteiger partial charge >= 0.3 is 17.4 Å². The smallest absolute Gasteiger partial charge is 0.325 e. The number of para-hydroxylation sites is 1. The lowest BCUT2D eigenvalue weighted by Crippen LogP contribution is -2.60. The Hall–Kier alpha value is -3.36. The van der Waals surface area contributed by atoms with E-state index < -0.39 is 6.17 Å². The van der Waals surface area contributed by atoms with E-state index in [4.69, 9.17) is 16.0 Å². The Bertz CT molecular complexity index is 1430. The number of amides is 1. The minimum Gasteiger partial charge on any atom is -0.452 e. The zero-order valence-electron chi connectivity index (χ0n) is 17.9. The second-order valence-corrected chi connectivity index (χ2v) is 8.65. The zero-order chi connectivity index (χ0) is 23.1. The van der Waals surface area contributed by atoms with Crippen molar-refractivity contribution in [1.29, 1.82) is 0 Å². The maximum atomic E-state index is 13.2. The van der Waals surface area contributed by atoms with Crippen molar-refractivity contribution in [1.82, 2.24) is 10.1 Å². The number of halogens is 1. The van der Waals surface area contributed by atoms with Crippen molar-refractivity contribution in [2.24, 2.45) is 0 Å². The molecule has 0 saturated heterocycles. The summed E-state index contributed by atoms with van der Waals surface area (Å²) in [5, 5.41) is 5.66. The maximum absolute atomic E-state index is 13.2. The van der Waals surface area contributed by atoms with E-state index in [9.17, 15) is 9.59 Å². The third-order valence-corrected chi connectivity index (χ3v) is 6.44. The van der Waals surface area contributed by atoms with E-state index >= 15 is 0 Å². The molecule has 5 rings (SSSR count). The van der Waals surface area contributed by atoms with Crippen LogP contribution in [0.15, 0.2) is 75.0 Å². The van der Waals surface area contributed by atoms with Gasteiger partial charge in [0.1, 0.15) is 5.76 Å². The van der Waals surface area contributed by atoms with Crippen molar-refractivity contribution in [3.8, 4) is 22.6 Å². The van der Waals surface area contributed by atoms with Crippen LogP contribution in [0.25, 0.3) is 22.6 Å². The number of rotatable bonds is 4. The fourth-order valence-electron chi connectivity index (χ4n) is 4.06. The minimum atomic E-state index is -0.771. The molecule has 0 spiro atoms. The molecule has 0 aliphatic carbocycles. The molecule has 4 aromatic rings. The molecule has 166 valence electrons. The molecule has 3 heterocycles. The molecule has 0 fully saturated rings. The Balaban J connectivity index is 1.77. The molecule has 1 N–H and O–H groups in total. The molecule has 2 aromatic heterocycles. The second kappa shape index (κ2) is 8.53. The predicted octanol–water partition coefficient (Wildman–Crippen LogP) is 4.66. The SMILES string of the molecule is CCC(=O)N1c2ccccc2-c2c(=O)[nH]c(SC)n[n+]2C1c1ccc(-c2ccccc2Cl)o1. The van der Waals surface area contributed by atoms with Gasteiger partial charge in [0.05, 0.1) is 16.3 Å². The highest BCUT2D eigenvalue weighted by atomic mass is 35.5. The molecule has 7 nitrogen and oxygen atoms in total. The molecule has 0 saturated carbocycles. The first kappa shape index (κ1) is 21.5. The number of nitrogens with zero attached hydrogens (tertiary/aromatic N) is 3. The maximum Gasteiger partial charge on any atom is 0.325 e. The third-order valence-electron chi connectivity index (χ3n) is 5.54. The van der Waals surface area contributed by atoms with Crippen molar-refractivity contribution < 1.29 is 13.9 Å². The summed E-state index contributed by atoms with van der Waals surface area (Å²) >= 11 is 7.69. The first-order valence-electron chi connectivity index (χ1n) is 10.4. The summed E-state index contributed by atoms with van der Waals surface area (Å²) in [6, 6.07) is 18.3. The lowest BCUT2D eigenvalue weighted by molar-refractivity contribution is -0.764. The highest BCUT2D eigenvalue weighted by molar-refractivity contribution is 7.98. The molecule has 1 atom stereocenters. The summed E-state index contributed by atoms with van der Waals surface area (Å²) in [6.45, 7) is 1.80. The van der Waals surface area contributed by atoms with Crippen LogP contribution in [0.1, 0.15) is 25.3 Å². The molecule has 0 bridgehead atoms. The summed E-state index contributed by atoms with van der Waals surface area (Å²) in [5.41, 5.74) is 2.09. The van der Waals surface area contributed by atoms with E-state index in [1.165, 1.54) is 11.8 Å². The van der Waals surface area contributed by atoms with Crippen LogP contribution in [0.4, 0.5) is 5.69 Å². The van der Waals surface area contributed by atoms with Gasteiger partial charge in [0.25, 0.3) is 0 Å². The van der Waals surface area contributed by atoms with E-state index in [1.54, 1.807) is 28.6 Å². The fourth-order valence-corrected chi connectivity index (χ4v) is 4.65. The first-order chi connectivity index (χ1) is 16.0. The molecule has 2 aromatic carbocycles. The number of anilines is 1. The number of fused-ring (bicyclic) bond motifs is 3.